The first-order valence-electron chi connectivity index (χ1n) is 11.8. The van der Waals surface area contributed by atoms with Crippen molar-refractivity contribution in [3.8, 4) is 5.75 Å². The highest BCUT2D eigenvalue weighted by molar-refractivity contribution is 5.99. The largest absolute Gasteiger partial charge is 0.494 e. The second kappa shape index (κ2) is 11.4. The smallest absolute Gasteiger partial charge is 0.421 e. The number of alkyl halides is 3. The number of hydrogen-bond donors (Lipinski definition) is 3. The number of nitrogens with zero attached hydrogens (tertiary/aromatic N) is 4. The van der Waals surface area contributed by atoms with Crippen molar-refractivity contribution in [3.05, 3.63) is 66.9 Å². The third-order valence-electron chi connectivity index (χ3n) is 5.97. The van der Waals surface area contributed by atoms with Crippen LogP contribution < -0.4 is 25.6 Å². The van der Waals surface area contributed by atoms with E-state index in [-0.39, 0.29) is 11.6 Å². The number of nitrogens with one attached hydrogen (secondary N) is 3. The molecule has 1 aliphatic heterocycles. The predicted molar refractivity (Wildman–Crippen MR) is 142 cm³/mol. The first-order valence-corrected chi connectivity index (χ1v) is 11.8. The zero-order valence-corrected chi connectivity index (χ0v) is 21.0. The van der Waals surface area contributed by atoms with Crippen LogP contribution in [-0.4, -0.2) is 61.1 Å². The molecule has 0 atom stereocenters. The molecule has 1 aliphatic rings. The molecule has 0 saturated carbocycles. The highest BCUT2D eigenvalue weighted by Crippen LogP contribution is 2.37. The second-order valence-electron chi connectivity index (χ2n) is 8.65. The number of piperazine rings is 1. The van der Waals surface area contributed by atoms with Crippen LogP contribution in [0, 0.1) is 0 Å². The molecule has 0 aliphatic carbocycles. The quantitative estimate of drug-likeness (QED) is 0.358. The van der Waals surface area contributed by atoms with Gasteiger partial charge in [0, 0.05) is 55.5 Å². The van der Waals surface area contributed by atoms with Crippen LogP contribution >= 0.6 is 0 Å². The summed E-state index contributed by atoms with van der Waals surface area (Å²) in [6, 6.07) is 11.8. The van der Waals surface area contributed by atoms with Crippen LogP contribution in [0.4, 0.5) is 47.7 Å². The van der Waals surface area contributed by atoms with Crippen LogP contribution in [0.3, 0.4) is 0 Å². The average molecular weight is 528 g/mol. The standard InChI is InChI=1S/C26H28F3N7O2/c1-4-23(37)31-17-6-5-7-18(14-17)32-24-20(26(27,28)29)16-30-25(34-24)33-21-9-8-19(15-22(21)38-3)36-12-10-35(2)11-13-36/h4-9,14-16H,1,10-13H2,2-3H3,(H,31,37)(H2,30,32,33,34). The van der Waals surface area contributed by atoms with Gasteiger partial charge in [-0.15, -0.1) is 0 Å². The summed E-state index contributed by atoms with van der Waals surface area (Å²) in [4.78, 5) is 24.1. The SMILES string of the molecule is C=CC(=O)Nc1cccc(Nc2nc(Nc3ccc(N4CCN(C)CC4)cc3OC)ncc2C(F)(F)F)c1. The summed E-state index contributed by atoms with van der Waals surface area (Å²) in [6.45, 7) is 7.03. The number of amides is 1. The van der Waals surface area contributed by atoms with Crippen molar-refractivity contribution in [2.45, 2.75) is 6.18 Å². The number of likely N-dealkylation sites (N-methyl/N-ethyl adjacent to an activating group) is 1. The molecule has 3 aromatic rings. The third-order valence-corrected chi connectivity index (χ3v) is 5.97. The minimum absolute atomic E-state index is 0.0535. The van der Waals surface area contributed by atoms with Crippen LogP contribution in [0.15, 0.2) is 61.3 Å². The molecule has 1 amide bonds. The lowest BCUT2D eigenvalue weighted by atomic mass is 10.2. The second-order valence-corrected chi connectivity index (χ2v) is 8.65. The van der Waals surface area contributed by atoms with Crippen LogP contribution in [0.25, 0.3) is 0 Å². The van der Waals surface area contributed by atoms with E-state index < -0.39 is 23.5 Å². The van der Waals surface area contributed by atoms with E-state index in [2.05, 4.69) is 49.3 Å². The number of ether oxygens (including phenoxy) is 1. The molecule has 0 spiro atoms. The summed E-state index contributed by atoms with van der Waals surface area (Å²) in [5, 5.41) is 8.22. The van der Waals surface area contributed by atoms with E-state index in [1.54, 1.807) is 24.3 Å². The molecule has 200 valence electrons. The van der Waals surface area contributed by atoms with Crippen molar-refractivity contribution in [3.63, 3.8) is 0 Å². The van der Waals surface area contributed by atoms with Crippen molar-refractivity contribution in [2.75, 3.05) is 61.2 Å². The maximum Gasteiger partial charge on any atom is 0.421 e. The molecule has 1 fully saturated rings. The molecular formula is C26H28F3N7O2. The van der Waals surface area contributed by atoms with Crippen molar-refractivity contribution in [1.29, 1.82) is 0 Å². The molecule has 2 aromatic carbocycles. The number of anilines is 6. The number of carbonyl (C=O) groups excluding carboxylic acids is 1. The molecule has 2 heterocycles. The summed E-state index contributed by atoms with van der Waals surface area (Å²) in [6.07, 6.45) is -2.89. The molecule has 12 heteroatoms. The molecule has 0 radical (unpaired) electrons. The van der Waals surface area contributed by atoms with Gasteiger partial charge < -0.3 is 30.5 Å². The van der Waals surface area contributed by atoms with E-state index in [1.165, 1.54) is 13.2 Å². The maximum atomic E-state index is 13.7. The minimum atomic E-state index is -4.70. The molecular weight excluding hydrogens is 499 g/mol. The van der Waals surface area contributed by atoms with Gasteiger partial charge in [-0.2, -0.15) is 18.2 Å². The number of benzene rings is 2. The Hall–Kier alpha value is -4.32. The molecule has 0 bridgehead atoms. The van der Waals surface area contributed by atoms with Gasteiger partial charge in [0.15, 0.2) is 0 Å². The zero-order valence-electron chi connectivity index (χ0n) is 21.0. The summed E-state index contributed by atoms with van der Waals surface area (Å²) in [5.41, 5.74) is 1.12. The van der Waals surface area contributed by atoms with Crippen molar-refractivity contribution in [1.82, 2.24) is 14.9 Å². The van der Waals surface area contributed by atoms with Gasteiger partial charge in [-0.25, -0.2) is 4.98 Å². The number of hydrogen-bond acceptors (Lipinski definition) is 8. The summed E-state index contributed by atoms with van der Waals surface area (Å²) in [7, 11) is 3.60. The van der Waals surface area contributed by atoms with Crippen molar-refractivity contribution < 1.29 is 22.7 Å². The number of rotatable bonds is 8. The van der Waals surface area contributed by atoms with Gasteiger partial charge >= 0.3 is 6.18 Å². The maximum absolute atomic E-state index is 13.7. The van der Waals surface area contributed by atoms with Crippen LogP contribution in [0.2, 0.25) is 0 Å². The normalized spacial score (nSPS) is 14.1. The number of methoxy groups -OCH3 is 1. The Morgan fingerprint density at radius 2 is 1.82 bits per heavy atom. The highest BCUT2D eigenvalue weighted by Gasteiger charge is 2.35. The Bertz CT molecular complexity index is 1310. The number of aromatic nitrogens is 2. The summed E-state index contributed by atoms with van der Waals surface area (Å²) < 4.78 is 46.7. The first kappa shape index (κ1) is 26.7. The Labute approximate surface area is 218 Å². The van der Waals surface area contributed by atoms with E-state index >= 15 is 0 Å². The van der Waals surface area contributed by atoms with Crippen LogP contribution in [-0.2, 0) is 11.0 Å². The van der Waals surface area contributed by atoms with E-state index in [0.29, 0.717) is 23.3 Å². The summed E-state index contributed by atoms with van der Waals surface area (Å²) in [5.74, 6) is -0.443. The Morgan fingerprint density at radius 3 is 2.50 bits per heavy atom. The Morgan fingerprint density at radius 1 is 1.08 bits per heavy atom. The Kier molecular flexibility index (Phi) is 8.01. The van der Waals surface area contributed by atoms with Gasteiger partial charge in [0.2, 0.25) is 11.9 Å². The monoisotopic (exact) mass is 527 g/mol. The lowest BCUT2D eigenvalue weighted by molar-refractivity contribution is -0.137. The van der Waals surface area contributed by atoms with Gasteiger partial charge in [0.05, 0.1) is 12.8 Å². The van der Waals surface area contributed by atoms with Crippen LogP contribution in [0.5, 0.6) is 5.75 Å². The van der Waals surface area contributed by atoms with E-state index in [4.69, 9.17) is 4.74 Å². The van der Waals surface area contributed by atoms with Gasteiger partial charge in [-0.1, -0.05) is 12.6 Å². The predicted octanol–water partition coefficient (Wildman–Crippen LogP) is 4.87. The van der Waals surface area contributed by atoms with E-state index in [1.807, 2.05) is 12.1 Å². The minimum Gasteiger partial charge on any atom is -0.494 e. The molecule has 1 saturated heterocycles. The van der Waals surface area contributed by atoms with Crippen molar-refractivity contribution >= 4 is 40.4 Å². The fourth-order valence-electron chi connectivity index (χ4n) is 3.91. The topological polar surface area (TPSA) is 94.6 Å². The fourth-order valence-corrected chi connectivity index (χ4v) is 3.91. The molecule has 4 rings (SSSR count). The number of carbonyl (C=O) groups is 1. The summed E-state index contributed by atoms with van der Waals surface area (Å²) >= 11 is 0. The fraction of sp³-hybridized carbons (Fsp3) is 0.269. The van der Waals surface area contributed by atoms with Crippen molar-refractivity contribution in [2.24, 2.45) is 0 Å². The average Bonchev–Trinajstić information content (AvgIpc) is 2.89. The van der Waals surface area contributed by atoms with Gasteiger partial charge in [0.25, 0.3) is 0 Å². The lowest BCUT2D eigenvalue weighted by Crippen LogP contribution is -2.44. The third kappa shape index (κ3) is 6.51. The van der Waals surface area contributed by atoms with Gasteiger partial charge in [0.1, 0.15) is 17.1 Å². The van der Waals surface area contributed by atoms with E-state index in [9.17, 15) is 18.0 Å². The van der Waals surface area contributed by atoms with Crippen LogP contribution in [0.1, 0.15) is 5.56 Å². The molecule has 38 heavy (non-hydrogen) atoms. The highest BCUT2D eigenvalue weighted by atomic mass is 19.4. The number of halogens is 3. The van der Waals surface area contributed by atoms with E-state index in [0.717, 1.165) is 37.9 Å². The van der Waals surface area contributed by atoms with Gasteiger partial charge in [-0.05, 0) is 43.5 Å². The first-order chi connectivity index (χ1) is 18.2. The lowest BCUT2D eigenvalue weighted by Gasteiger charge is -2.34. The Balaban J connectivity index is 1.59. The van der Waals surface area contributed by atoms with Gasteiger partial charge in [-0.3, -0.25) is 4.79 Å². The molecule has 0 unspecified atom stereocenters. The molecule has 3 N–H and O–H groups in total. The molecule has 9 nitrogen and oxygen atoms in total. The molecule has 1 aromatic heterocycles. The zero-order chi connectivity index (χ0) is 27.3.